The third-order valence-electron chi connectivity index (χ3n) is 6.80. The van der Waals surface area contributed by atoms with E-state index < -0.39 is 0 Å². The molecule has 5 rings (SSSR count). The van der Waals surface area contributed by atoms with Gasteiger partial charge in [0.05, 0.1) is 25.2 Å². The maximum absolute atomic E-state index is 13.1. The molecule has 1 aromatic carbocycles. The number of nitrogens with one attached hydrogen (secondary N) is 1. The molecule has 1 atom stereocenters. The van der Waals surface area contributed by atoms with Gasteiger partial charge in [-0.2, -0.15) is 0 Å². The van der Waals surface area contributed by atoms with Crippen LogP contribution in [0.4, 0.5) is 0 Å². The number of carbonyl (C=O) groups is 2. The van der Waals surface area contributed by atoms with Crippen LogP contribution >= 0.6 is 0 Å². The molecule has 0 radical (unpaired) electrons. The standard InChI is InChI=1S/C24H30N4O3/c1-16-2-6-18(7-3-16)21-13-28-15-26-22(20(28)14-31-21)24(30)27-10-8-19(9-11-27)23(29)25-12-17-4-5-17/h2-3,6-7,15,17,19,21H,4-5,8-14H2,1H3,(H,25,29)/t21-/m1/s1. The van der Waals surface area contributed by atoms with Gasteiger partial charge in [-0.05, 0) is 44.1 Å². The molecule has 2 fully saturated rings. The van der Waals surface area contributed by atoms with Crippen molar-refractivity contribution >= 4 is 11.8 Å². The molecule has 2 aromatic rings. The predicted octanol–water partition coefficient (Wildman–Crippen LogP) is 2.84. The highest BCUT2D eigenvalue weighted by Crippen LogP contribution is 2.30. The van der Waals surface area contributed by atoms with Crippen molar-refractivity contribution < 1.29 is 14.3 Å². The Bertz CT molecular complexity index is 956. The van der Waals surface area contributed by atoms with Crippen LogP contribution in [-0.2, 0) is 22.7 Å². The maximum Gasteiger partial charge on any atom is 0.274 e. The quantitative estimate of drug-likeness (QED) is 0.804. The van der Waals surface area contributed by atoms with Crippen LogP contribution in [0.15, 0.2) is 30.6 Å². The molecular weight excluding hydrogens is 392 g/mol. The first-order valence-electron chi connectivity index (χ1n) is 11.4. The molecule has 3 heterocycles. The number of piperidine rings is 1. The predicted molar refractivity (Wildman–Crippen MR) is 115 cm³/mol. The molecule has 1 aromatic heterocycles. The van der Waals surface area contributed by atoms with E-state index in [0.717, 1.165) is 17.8 Å². The third kappa shape index (κ3) is 4.37. The van der Waals surface area contributed by atoms with Gasteiger partial charge in [0.25, 0.3) is 5.91 Å². The lowest BCUT2D eigenvalue weighted by Crippen LogP contribution is -2.43. The summed E-state index contributed by atoms with van der Waals surface area (Å²) >= 11 is 0. The number of nitrogens with zero attached hydrogens (tertiary/aromatic N) is 3. The van der Waals surface area contributed by atoms with Crippen molar-refractivity contribution in [3.63, 3.8) is 0 Å². The third-order valence-corrected chi connectivity index (χ3v) is 6.80. The molecule has 164 valence electrons. The highest BCUT2D eigenvalue weighted by molar-refractivity contribution is 5.93. The molecule has 31 heavy (non-hydrogen) atoms. The topological polar surface area (TPSA) is 76.5 Å². The van der Waals surface area contributed by atoms with E-state index in [9.17, 15) is 9.59 Å². The van der Waals surface area contributed by atoms with Gasteiger partial charge in [-0.25, -0.2) is 4.98 Å². The normalized spacial score (nSPS) is 21.6. The van der Waals surface area contributed by atoms with Crippen molar-refractivity contribution in [1.29, 1.82) is 0 Å². The molecule has 1 saturated heterocycles. The second-order valence-electron chi connectivity index (χ2n) is 9.16. The van der Waals surface area contributed by atoms with Crippen LogP contribution in [0.3, 0.4) is 0 Å². The molecule has 0 bridgehead atoms. The van der Waals surface area contributed by atoms with E-state index >= 15 is 0 Å². The zero-order chi connectivity index (χ0) is 21.4. The van der Waals surface area contributed by atoms with Crippen molar-refractivity contribution in [2.75, 3.05) is 19.6 Å². The molecule has 7 heteroatoms. The molecule has 1 N–H and O–H groups in total. The number of likely N-dealkylation sites (tertiary alicyclic amines) is 1. The lowest BCUT2D eigenvalue weighted by molar-refractivity contribution is -0.126. The Kier molecular flexibility index (Phi) is 5.52. The molecule has 0 unspecified atom stereocenters. The van der Waals surface area contributed by atoms with Gasteiger partial charge in [-0.3, -0.25) is 9.59 Å². The summed E-state index contributed by atoms with van der Waals surface area (Å²) in [6, 6.07) is 8.37. The van der Waals surface area contributed by atoms with Gasteiger partial charge >= 0.3 is 0 Å². The fourth-order valence-electron chi connectivity index (χ4n) is 4.49. The molecule has 2 amide bonds. The lowest BCUT2D eigenvalue weighted by Gasteiger charge is -2.31. The second kappa shape index (κ2) is 8.46. The molecule has 7 nitrogen and oxygen atoms in total. The number of hydrogen-bond acceptors (Lipinski definition) is 4. The van der Waals surface area contributed by atoms with Gasteiger partial charge in [-0.15, -0.1) is 0 Å². The largest absolute Gasteiger partial charge is 0.365 e. The van der Waals surface area contributed by atoms with E-state index in [1.54, 1.807) is 6.33 Å². The average molecular weight is 423 g/mol. The number of imidazole rings is 1. The average Bonchev–Trinajstić information content (AvgIpc) is 3.54. The molecule has 1 saturated carbocycles. The fourth-order valence-corrected chi connectivity index (χ4v) is 4.49. The van der Waals surface area contributed by atoms with Crippen LogP contribution in [-0.4, -0.2) is 45.9 Å². The molecule has 1 aliphatic carbocycles. The minimum atomic E-state index is -0.0528. The van der Waals surface area contributed by atoms with Crippen molar-refractivity contribution in [3.05, 3.63) is 53.1 Å². The van der Waals surface area contributed by atoms with Gasteiger partial charge in [0.1, 0.15) is 6.10 Å². The minimum absolute atomic E-state index is 0.0114. The van der Waals surface area contributed by atoms with Crippen molar-refractivity contribution in [2.24, 2.45) is 11.8 Å². The minimum Gasteiger partial charge on any atom is -0.365 e. The summed E-state index contributed by atoms with van der Waals surface area (Å²) in [7, 11) is 0. The zero-order valence-corrected chi connectivity index (χ0v) is 18.0. The second-order valence-corrected chi connectivity index (χ2v) is 9.16. The summed E-state index contributed by atoms with van der Waals surface area (Å²) in [5.41, 5.74) is 3.69. The Morgan fingerprint density at radius 1 is 1.13 bits per heavy atom. The van der Waals surface area contributed by atoms with Crippen molar-refractivity contribution in [3.8, 4) is 0 Å². The van der Waals surface area contributed by atoms with Crippen LogP contribution in [0.5, 0.6) is 0 Å². The summed E-state index contributed by atoms with van der Waals surface area (Å²) in [5, 5.41) is 3.07. The van der Waals surface area contributed by atoms with E-state index in [1.807, 2.05) is 9.47 Å². The van der Waals surface area contributed by atoms with Crippen molar-refractivity contribution in [2.45, 2.75) is 51.9 Å². The number of amides is 2. The zero-order valence-electron chi connectivity index (χ0n) is 18.0. The van der Waals surface area contributed by atoms with Crippen LogP contribution in [0.25, 0.3) is 0 Å². The number of benzene rings is 1. The lowest BCUT2D eigenvalue weighted by atomic mass is 9.95. The Labute approximate surface area is 182 Å². The number of rotatable bonds is 5. The van der Waals surface area contributed by atoms with E-state index in [4.69, 9.17) is 4.74 Å². The van der Waals surface area contributed by atoms with Gasteiger partial charge in [-0.1, -0.05) is 29.8 Å². The summed E-state index contributed by atoms with van der Waals surface area (Å²) < 4.78 is 8.12. The van der Waals surface area contributed by atoms with Crippen LogP contribution in [0.1, 0.15) is 59.1 Å². The molecule has 3 aliphatic rings. The van der Waals surface area contributed by atoms with Crippen LogP contribution < -0.4 is 5.32 Å². The van der Waals surface area contributed by atoms with Crippen molar-refractivity contribution in [1.82, 2.24) is 19.8 Å². The first-order valence-corrected chi connectivity index (χ1v) is 11.4. The summed E-state index contributed by atoms with van der Waals surface area (Å²) in [6.45, 7) is 5.10. The van der Waals surface area contributed by atoms with Gasteiger partial charge in [0, 0.05) is 25.6 Å². The van der Waals surface area contributed by atoms with E-state index in [0.29, 0.717) is 50.7 Å². The molecule has 0 spiro atoms. The number of ether oxygens (including phenoxy) is 1. The highest BCUT2D eigenvalue weighted by atomic mass is 16.5. The number of hydrogen-bond donors (Lipinski definition) is 1. The fraction of sp³-hybridized carbons (Fsp3) is 0.542. The van der Waals surface area contributed by atoms with Crippen LogP contribution in [0.2, 0.25) is 0 Å². The number of aryl methyl sites for hydroxylation is 1. The number of fused-ring (bicyclic) bond motifs is 1. The Morgan fingerprint density at radius 2 is 1.87 bits per heavy atom. The van der Waals surface area contributed by atoms with E-state index in [1.165, 1.54) is 18.4 Å². The smallest absolute Gasteiger partial charge is 0.274 e. The summed E-state index contributed by atoms with van der Waals surface area (Å²) in [6.07, 6.45) is 5.61. The summed E-state index contributed by atoms with van der Waals surface area (Å²) in [4.78, 5) is 31.7. The molecule has 2 aliphatic heterocycles. The van der Waals surface area contributed by atoms with Gasteiger partial charge < -0.3 is 19.5 Å². The van der Waals surface area contributed by atoms with Gasteiger partial charge in [0.2, 0.25) is 5.91 Å². The first-order chi connectivity index (χ1) is 15.1. The maximum atomic E-state index is 13.1. The Hall–Kier alpha value is -2.67. The SMILES string of the molecule is Cc1ccc([C@H]2Cn3cnc(C(=O)N4CCC(C(=O)NCC5CC5)CC4)c3CO2)cc1. The Morgan fingerprint density at radius 3 is 2.58 bits per heavy atom. The van der Waals surface area contributed by atoms with Gasteiger partial charge in [0.15, 0.2) is 5.69 Å². The van der Waals surface area contributed by atoms with E-state index in [-0.39, 0.29) is 23.8 Å². The highest BCUT2D eigenvalue weighted by Gasteiger charge is 2.32. The summed E-state index contributed by atoms with van der Waals surface area (Å²) in [5.74, 6) is 0.791. The van der Waals surface area contributed by atoms with Crippen LogP contribution in [0, 0.1) is 18.8 Å². The Balaban J connectivity index is 1.19. The first kappa shape index (κ1) is 20.2. The molecular formula is C24H30N4O3. The number of aromatic nitrogens is 2. The number of carbonyl (C=O) groups excluding carboxylic acids is 2. The van der Waals surface area contributed by atoms with E-state index in [2.05, 4.69) is 41.5 Å². The monoisotopic (exact) mass is 422 g/mol.